The number of Topliss-reactive ketones (excluding diaryl/α,β-unsaturated/α-hetero) is 1. The van der Waals surface area contributed by atoms with Gasteiger partial charge < -0.3 is 4.74 Å². The molecule has 2 aromatic rings. The van der Waals surface area contributed by atoms with Crippen LogP contribution in [0.1, 0.15) is 17.2 Å². The van der Waals surface area contributed by atoms with Gasteiger partial charge in [-0.3, -0.25) is 9.59 Å². The van der Waals surface area contributed by atoms with E-state index >= 15 is 0 Å². The fourth-order valence-corrected chi connectivity index (χ4v) is 3.51. The van der Waals surface area contributed by atoms with Crippen molar-refractivity contribution in [3.63, 3.8) is 0 Å². The summed E-state index contributed by atoms with van der Waals surface area (Å²) in [5, 5.41) is -0.700. The molecule has 1 aliphatic heterocycles. The van der Waals surface area contributed by atoms with Crippen molar-refractivity contribution in [2.75, 3.05) is 5.75 Å². The van der Waals surface area contributed by atoms with Gasteiger partial charge in [-0.15, -0.1) is 11.8 Å². The predicted molar refractivity (Wildman–Crippen MR) is 86.7 cm³/mol. The molecule has 2 unspecified atom stereocenters. The van der Waals surface area contributed by atoms with E-state index < -0.39 is 17.3 Å². The summed E-state index contributed by atoms with van der Waals surface area (Å²) in [6.07, 6.45) is 0.0846. The number of rotatable bonds is 5. The summed E-state index contributed by atoms with van der Waals surface area (Å²) in [7, 11) is 0. The van der Waals surface area contributed by atoms with Crippen LogP contribution in [0.4, 0.5) is 0 Å². The van der Waals surface area contributed by atoms with Gasteiger partial charge in [-0.1, -0.05) is 60.7 Å². The Labute approximate surface area is 133 Å². The first-order valence-electron chi connectivity index (χ1n) is 7.20. The Morgan fingerprint density at radius 3 is 2.23 bits per heavy atom. The Morgan fingerprint density at radius 2 is 1.55 bits per heavy atom. The lowest BCUT2D eigenvalue weighted by Crippen LogP contribution is -2.20. The van der Waals surface area contributed by atoms with Crippen LogP contribution in [0.5, 0.6) is 0 Å². The lowest BCUT2D eigenvalue weighted by molar-refractivity contribution is -0.142. The standard InChI is InChI=1S/C18H16O3S/c19-15-16(14-9-5-2-6-10-14)21-18(20)17(15)22-12-11-13-7-3-1-4-8-13/h1-10,16-17H,11-12H2. The number of carbonyl (C=O) groups is 2. The second-order valence-electron chi connectivity index (χ2n) is 5.12. The van der Waals surface area contributed by atoms with Crippen LogP contribution in [0.3, 0.4) is 0 Å². The zero-order chi connectivity index (χ0) is 15.4. The van der Waals surface area contributed by atoms with E-state index in [-0.39, 0.29) is 5.78 Å². The lowest BCUT2D eigenvalue weighted by atomic mass is 10.1. The van der Waals surface area contributed by atoms with Gasteiger partial charge in [0.1, 0.15) is 0 Å². The minimum atomic E-state index is -0.747. The maximum atomic E-state index is 12.4. The first-order chi connectivity index (χ1) is 10.8. The van der Waals surface area contributed by atoms with E-state index in [0.717, 1.165) is 17.7 Å². The Kier molecular flexibility index (Phi) is 4.59. The van der Waals surface area contributed by atoms with Crippen molar-refractivity contribution in [2.45, 2.75) is 17.8 Å². The monoisotopic (exact) mass is 312 g/mol. The molecule has 0 radical (unpaired) electrons. The Bertz CT molecular complexity index is 655. The Balaban J connectivity index is 1.60. The molecule has 2 aromatic carbocycles. The van der Waals surface area contributed by atoms with Crippen LogP contribution in [0, 0.1) is 0 Å². The highest BCUT2D eigenvalue weighted by molar-refractivity contribution is 8.01. The molecule has 1 saturated heterocycles. The largest absolute Gasteiger partial charge is 0.448 e. The highest BCUT2D eigenvalue weighted by Gasteiger charge is 2.44. The molecule has 0 saturated carbocycles. The Hall–Kier alpha value is -2.07. The van der Waals surface area contributed by atoms with Crippen LogP contribution in [0.15, 0.2) is 60.7 Å². The van der Waals surface area contributed by atoms with E-state index in [1.54, 1.807) is 0 Å². The van der Waals surface area contributed by atoms with Crippen LogP contribution in [-0.4, -0.2) is 22.8 Å². The van der Waals surface area contributed by atoms with Crippen molar-refractivity contribution in [3.05, 3.63) is 71.8 Å². The minimum Gasteiger partial charge on any atom is -0.448 e. The summed E-state index contributed by atoms with van der Waals surface area (Å²) in [6, 6.07) is 19.2. The van der Waals surface area contributed by atoms with Crippen LogP contribution >= 0.6 is 11.8 Å². The molecule has 1 heterocycles. The first kappa shape index (κ1) is 14.9. The van der Waals surface area contributed by atoms with E-state index in [9.17, 15) is 9.59 Å². The third-order valence-electron chi connectivity index (χ3n) is 3.59. The molecule has 4 heteroatoms. The third kappa shape index (κ3) is 3.22. The molecular formula is C18H16O3S. The summed E-state index contributed by atoms with van der Waals surface area (Å²) in [5.41, 5.74) is 1.94. The molecule has 3 rings (SSSR count). The minimum absolute atomic E-state index is 0.144. The summed E-state index contributed by atoms with van der Waals surface area (Å²) < 4.78 is 5.27. The Morgan fingerprint density at radius 1 is 0.909 bits per heavy atom. The number of esters is 1. The number of hydrogen-bond donors (Lipinski definition) is 0. The molecule has 1 fully saturated rings. The molecule has 112 valence electrons. The number of ketones is 1. The van der Waals surface area contributed by atoms with E-state index in [0.29, 0.717) is 0 Å². The molecule has 0 spiro atoms. The highest BCUT2D eigenvalue weighted by atomic mass is 32.2. The van der Waals surface area contributed by atoms with Crippen LogP contribution in [-0.2, 0) is 20.7 Å². The normalized spacial score (nSPS) is 20.9. The summed E-state index contributed by atoms with van der Waals surface area (Å²) in [6.45, 7) is 0. The number of aryl methyl sites for hydroxylation is 1. The highest BCUT2D eigenvalue weighted by Crippen LogP contribution is 2.32. The van der Waals surface area contributed by atoms with Crippen molar-refractivity contribution in [3.8, 4) is 0 Å². The van der Waals surface area contributed by atoms with Crippen LogP contribution in [0.25, 0.3) is 0 Å². The summed E-state index contributed by atoms with van der Waals surface area (Å²) >= 11 is 1.37. The van der Waals surface area contributed by atoms with Crippen molar-refractivity contribution < 1.29 is 14.3 Å². The lowest BCUT2D eigenvalue weighted by Gasteiger charge is -2.07. The molecule has 2 atom stereocenters. The third-order valence-corrected chi connectivity index (χ3v) is 4.78. The van der Waals surface area contributed by atoms with Gasteiger partial charge in [0.25, 0.3) is 0 Å². The fraction of sp³-hybridized carbons (Fsp3) is 0.222. The zero-order valence-electron chi connectivity index (χ0n) is 12.0. The van der Waals surface area contributed by atoms with Crippen molar-refractivity contribution in [1.82, 2.24) is 0 Å². The maximum Gasteiger partial charge on any atom is 0.327 e. The number of thioether (sulfide) groups is 1. The maximum absolute atomic E-state index is 12.4. The SMILES string of the molecule is O=C1OC(c2ccccc2)C(=O)C1SCCc1ccccc1. The van der Waals surface area contributed by atoms with Gasteiger partial charge in [-0.2, -0.15) is 0 Å². The molecule has 0 bridgehead atoms. The smallest absolute Gasteiger partial charge is 0.327 e. The van der Waals surface area contributed by atoms with Gasteiger partial charge in [0, 0.05) is 5.56 Å². The number of carbonyl (C=O) groups excluding carboxylic acids is 2. The van der Waals surface area contributed by atoms with E-state index in [4.69, 9.17) is 4.74 Å². The number of hydrogen-bond acceptors (Lipinski definition) is 4. The molecule has 0 N–H and O–H groups in total. The van der Waals surface area contributed by atoms with Crippen LogP contribution in [0.2, 0.25) is 0 Å². The number of benzene rings is 2. The summed E-state index contributed by atoms with van der Waals surface area (Å²) in [4.78, 5) is 24.3. The molecular weight excluding hydrogens is 296 g/mol. The van der Waals surface area contributed by atoms with Crippen molar-refractivity contribution in [1.29, 1.82) is 0 Å². The van der Waals surface area contributed by atoms with E-state index in [1.165, 1.54) is 17.3 Å². The predicted octanol–water partition coefficient (Wildman–Crippen LogP) is 3.20. The van der Waals surface area contributed by atoms with Crippen molar-refractivity contribution >= 4 is 23.5 Å². The average molecular weight is 312 g/mol. The molecule has 1 aliphatic rings. The van der Waals surface area contributed by atoms with Gasteiger partial charge >= 0.3 is 5.97 Å². The van der Waals surface area contributed by atoms with Gasteiger partial charge in [-0.25, -0.2) is 0 Å². The number of cyclic esters (lactones) is 1. The second kappa shape index (κ2) is 6.79. The number of ether oxygens (including phenoxy) is 1. The van der Waals surface area contributed by atoms with Crippen molar-refractivity contribution in [2.24, 2.45) is 0 Å². The fourth-order valence-electron chi connectivity index (χ4n) is 2.44. The molecule has 0 amide bonds. The van der Waals surface area contributed by atoms with Gasteiger partial charge in [0.05, 0.1) is 0 Å². The van der Waals surface area contributed by atoms with Gasteiger partial charge in [0.15, 0.2) is 11.4 Å². The molecule has 0 aliphatic carbocycles. The first-order valence-corrected chi connectivity index (χ1v) is 8.25. The quantitative estimate of drug-likeness (QED) is 0.628. The van der Waals surface area contributed by atoms with Crippen LogP contribution < -0.4 is 0 Å². The molecule has 0 aromatic heterocycles. The topological polar surface area (TPSA) is 43.4 Å². The van der Waals surface area contributed by atoms with Gasteiger partial charge in [-0.05, 0) is 17.7 Å². The second-order valence-corrected chi connectivity index (χ2v) is 6.33. The van der Waals surface area contributed by atoms with E-state index in [2.05, 4.69) is 0 Å². The van der Waals surface area contributed by atoms with E-state index in [1.807, 2.05) is 60.7 Å². The molecule has 22 heavy (non-hydrogen) atoms. The summed E-state index contributed by atoms with van der Waals surface area (Å²) in [5.74, 6) is 0.156. The average Bonchev–Trinajstić information content (AvgIpc) is 2.85. The van der Waals surface area contributed by atoms with Gasteiger partial charge in [0.2, 0.25) is 5.78 Å². The zero-order valence-corrected chi connectivity index (χ0v) is 12.8. The molecule has 3 nitrogen and oxygen atoms in total.